The summed E-state index contributed by atoms with van der Waals surface area (Å²) in [6.07, 6.45) is 1.20. The average Bonchev–Trinajstić information content (AvgIpc) is 2.38. The maximum atomic E-state index is 10.7. The fraction of sp³-hybridized carbons (Fsp3) is 0. The van der Waals surface area contributed by atoms with Crippen LogP contribution in [0, 0.1) is 10.1 Å². The number of rotatable bonds is 3. The van der Waals surface area contributed by atoms with Crippen LogP contribution in [-0.4, -0.2) is 14.9 Å². The van der Waals surface area contributed by atoms with Crippen LogP contribution in [0.2, 0.25) is 5.15 Å². The predicted molar refractivity (Wildman–Crippen MR) is 80.0 cm³/mol. The van der Waals surface area contributed by atoms with Crippen molar-refractivity contribution in [2.24, 2.45) is 0 Å². The number of hydrogen-bond acceptors (Lipinski definition) is 6. The molecular formula is C10H5Br2ClN4O3. The number of halogens is 3. The molecule has 2 aromatic rings. The zero-order valence-corrected chi connectivity index (χ0v) is 13.4. The van der Waals surface area contributed by atoms with Gasteiger partial charge in [0.1, 0.15) is 12.0 Å². The van der Waals surface area contributed by atoms with Crippen LogP contribution in [0.15, 0.2) is 27.4 Å². The van der Waals surface area contributed by atoms with Gasteiger partial charge in [-0.15, -0.1) is 0 Å². The van der Waals surface area contributed by atoms with Crippen LogP contribution in [-0.2, 0) is 0 Å². The Balaban J connectivity index is 2.44. The van der Waals surface area contributed by atoms with Crippen LogP contribution < -0.4 is 10.5 Å². The molecule has 2 rings (SSSR count). The topological polar surface area (TPSA) is 104 Å². The summed E-state index contributed by atoms with van der Waals surface area (Å²) in [5.41, 5.74) is 5.67. The number of nitro benzene ring substituents is 1. The first-order chi connectivity index (χ1) is 9.40. The fourth-order valence-corrected chi connectivity index (χ4v) is 2.74. The monoisotopic (exact) mass is 422 g/mol. The lowest BCUT2D eigenvalue weighted by atomic mass is 10.3. The highest BCUT2D eigenvalue weighted by Gasteiger charge is 2.18. The van der Waals surface area contributed by atoms with Crippen molar-refractivity contribution >= 4 is 54.8 Å². The Morgan fingerprint density at radius 1 is 1.30 bits per heavy atom. The quantitative estimate of drug-likeness (QED) is 0.455. The number of ether oxygens (including phenoxy) is 1. The molecule has 10 heteroatoms. The minimum atomic E-state index is -0.519. The second-order valence-corrected chi connectivity index (χ2v) is 5.55. The van der Waals surface area contributed by atoms with E-state index in [1.54, 1.807) is 0 Å². The lowest BCUT2D eigenvalue weighted by Gasteiger charge is -2.10. The van der Waals surface area contributed by atoms with Gasteiger partial charge in [-0.05, 0) is 31.9 Å². The van der Waals surface area contributed by atoms with Gasteiger partial charge in [0, 0.05) is 12.1 Å². The van der Waals surface area contributed by atoms with Crippen LogP contribution in [0.5, 0.6) is 11.6 Å². The van der Waals surface area contributed by atoms with Gasteiger partial charge in [-0.3, -0.25) is 10.1 Å². The van der Waals surface area contributed by atoms with E-state index in [0.717, 1.165) is 0 Å². The van der Waals surface area contributed by atoms with Gasteiger partial charge < -0.3 is 10.5 Å². The maximum absolute atomic E-state index is 10.7. The van der Waals surface area contributed by atoms with Crippen molar-refractivity contribution in [2.75, 3.05) is 5.73 Å². The van der Waals surface area contributed by atoms with Gasteiger partial charge in [-0.2, -0.15) is 4.98 Å². The van der Waals surface area contributed by atoms with Gasteiger partial charge in [-0.25, -0.2) is 4.98 Å². The van der Waals surface area contributed by atoms with E-state index in [1.165, 1.54) is 18.5 Å². The summed E-state index contributed by atoms with van der Waals surface area (Å²) < 4.78 is 6.25. The van der Waals surface area contributed by atoms with Crippen molar-refractivity contribution in [1.29, 1.82) is 0 Å². The molecule has 1 heterocycles. The Bertz CT molecular complexity index is 675. The normalized spacial score (nSPS) is 10.3. The van der Waals surface area contributed by atoms with E-state index < -0.39 is 4.92 Å². The highest BCUT2D eigenvalue weighted by molar-refractivity contribution is 9.11. The lowest BCUT2D eigenvalue weighted by Crippen LogP contribution is -1.99. The molecule has 0 bridgehead atoms. The van der Waals surface area contributed by atoms with Crippen molar-refractivity contribution in [3.63, 3.8) is 0 Å². The van der Waals surface area contributed by atoms with Crippen LogP contribution in [0.25, 0.3) is 0 Å². The number of nitrogen functional groups attached to an aromatic ring is 1. The molecule has 0 radical (unpaired) electrons. The standard InChI is InChI=1S/C10H5Br2ClN4O3/c11-5-1-4(17(18)19)2-6(12)8(5)20-10-7(14)9(13)15-3-16-10/h1-3H,14H2. The van der Waals surface area contributed by atoms with Crippen molar-refractivity contribution in [3.05, 3.63) is 42.7 Å². The molecule has 104 valence electrons. The van der Waals surface area contributed by atoms with Gasteiger partial charge in [0.25, 0.3) is 5.69 Å². The average molecular weight is 424 g/mol. The third-order valence-electron chi connectivity index (χ3n) is 2.19. The Kier molecular flexibility index (Phi) is 4.41. The van der Waals surface area contributed by atoms with Crippen molar-refractivity contribution in [3.8, 4) is 11.6 Å². The molecule has 1 aromatic heterocycles. The molecule has 0 aliphatic heterocycles. The van der Waals surface area contributed by atoms with Gasteiger partial charge >= 0.3 is 0 Å². The SMILES string of the molecule is Nc1c(Cl)ncnc1Oc1c(Br)cc([N+](=O)[O-])cc1Br. The number of hydrogen-bond donors (Lipinski definition) is 1. The van der Waals surface area contributed by atoms with E-state index in [0.29, 0.717) is 8.95 Å². The lowest BCUT2D eigenvalue weighted by molar-refractivity contribution is -0.385. The molecule has 1 aromatic carbocycles. The fourth-order valence-electron chi connectivity index (χ4n) is 1.29. The summed E-state index contributed by atoms with van der Waals surface area (Å²) in [6, 6.07) is 2.61. The van der Waals surface area contributed by atoms with E-state index in [1.807, 2.05) is 0 Å². The van der Waals surface area contributed by atoms with E-state index in [4.69, 9.17) is 22.1 Å². The summed E-state index contributed by atoms with van der Waals surface area (Å²) in [6.45, 7) is 0. The highest BCUT2D eigenvalue weighted by Crippen LogP contribution is 2.40. The third-order valence-corrected chi connectivity index (χ3v) is 3.67. The van der Waals surface area contributed by atoms with Gasteiger partial charge in [0.15, 0.2) is 10.9 Å². The van der Waals surface area contributed by atoms with Crippen LogP contribution in [0.4, 0.5) is 11.4 Å². The largest absolute Gasteiger partial charge is 0.435 e. The molecule has 20 heavy (non-hydrogen) atoms. The minimum Gasteiger partial charge on any atom is -0.435 e. The van der Waals surface area contributed by atoms with Crippen molar-refractivity contribution in [2.45, 2.75) is 0 Å². The first-order valence-electron chi connectivity index (χ1n) is 4.97. The summed E-state index contributed by atoms with van der Waals surface area (Å²) >= 11 is 12.1. The van der Waals surface area contributed by atoms with E-state index in [-0.39, 0.29) is 28.2 Å². The first kappa shape index (κ1) is 14.9. The summed E-state index contributed by atoms with van der Waals surface area (Å²) in [5, 5.41) is 10.8. The van der Waals surface area contributed by atoms with E-state index in [9.17, 15) is 10.1 Å². The Morgan fingerprint density at radius 3 is 2.45 bits per heavy atom. The number of aromatic nitrogens is 2. The first-order valence-corrected chi connectivity index (χ1v) is 6.93. The number of non-ortho nitro benzene ring substituents is 1. The zero-order valence-electron chi connectivity index (χ0n) is 9.51. The molecule has 2 N–H and O–H groups in total. The van der Waals surface area contributed by atoms with E-state index in [2.05, 4.69) is 41.8 Å². The molecule has 0 amide bonds. The summed E-state index contributed by atoms with van der Waals surface area (Å²) in [4.78, 5) is 17.8. The Hall–Kier alpha value is -1.45. The summed E-state index contributed by atoms with van der Waals surface area (Å²) in [5.74, 6) is 0.345. The number of anilines is 1. The second kappa shape index (κ2) is 5.90. The molecule has 7 nitrogen and oxygen atoms in total. The van der Waals surface area contributed by atoms with Crippen molar-refractivity contribution < 1.29 is 9.66 Å². The minimum absolute atomic E-state index is 0.0558. The zero-order chi connectivity index (χ0) is 14.9. The van der Waals surface area contributed by atoms with Crippen LogP contribution >= 0.6 is 43.5 Å². The smallest absolute Gasteiger partial charge is 0.271 e. The highest BCUT2D eigenvalue weighted by atomic mass is 79.9. The van der Waals surface area contributed by atoms with Gasteiger partial charge in [-0.1, -0.05) is 11.6 Å². The third kappa shape index (κ3) is 3.00. The van der Waals surface area contributed by atoms with Crippen LogP contribution in [0.1, 0.15) is 0 Å². The molecular weight excluding hydrogens is 419 g/mol. The molecule has 0 saturated heterocycles. The Morgan fingerprint density at radius 2 is 1.90 bits per heavy atom. The molecule has 0 aliphatic rings. The number of nitrogens with zero attached hydrogens (tertiary/aromatic N) is 3. The van der Waals surface area contributed by atoms with Gasteiger partial charge in [0.05, 0.1) is 13.9 Å². The van der Waals surface area contributed by atoms with Gasteiger partial charge in [0.2, 0.25) is 5.88 Å². The number of benzene rings is 1. The molecule has 0 saturated carbocycles. The second-order valence-electron chi connectivity index (χ2n) is 3.48. The molecule has 0 spiro atoms. The number of nitrogens with two attached hydrogens (primary N) is 1. The number of nitro groups is 1. The predicted octanol–water partition coefficient (Wildman–Crippen LogP) is 3.94. The molecule has 0 fully saturated rings. The van der Waals surface area contributed by atoms with Crippen LogP contribution in [0.3, 0.4) is 0 Å². The molecule has 0 aliphatic carbocycles. The summed E-state index contributed by atoms with van der Waals surface area (Å²) in [7, 11) is 0. The van der Waals surface area contributed by atoms with E-state index >= 15 is 0 Å². The Labute approximate surface area is 134 Å². The maximum Gasteiger partial charge on any atom is 0.271 e. The van der Waals surface area contributed by atoms with Crippen molar-refractivity contribution in [1.82, 2.24) is 9.97 Å². The molecule has 0 unspecified atom stereocenters. The molecule has 0 atom stereocenters.